The van der Waals surface area contributed by atoms with Crippen molar-refractivity contribution in [2.45, 2.75) is 50.3 Å². The van der Waals surface area contributed by atoms with Crippen LogP contribution in [0.15, 0.2) is 0 Å². The van der Waals surface area contributed by atoms with Crippen LogP contribution in [-0.4, -0.2) is 37.5 Å². The van der Waals surface area contributed by atoms with Gasteiger partial charge in [-0.3, -0.25) is 0 Å². The van der Waals surface area contributed by atoms with Crippen molar-refractivity contribution >= 4 is 0 Å². The van der Waals surface area contributed by atoms with E-state index in [-0.39, 0.29) is 5.60 Å². The second-order valence-corrected chi connectivity index (χ2v) is 5.51. The molecule has 2 aliphatic heterocycles. The number of ether oxygens (including phenoxy) is 2. The predicted molar refractivity (Wildman–Crippen MR) is 57.8 cm³/mol. The Morgan fingerprint density at radius 3 is 2.87 bits per heavy atom. The minimum Gasteiger partial charge on any atom is -0.378 e. The molecule has 1 saturated carbocycles. The lowest BCUT2D eigenvalue weighted by atomic mass is 9.89. The summed E-state index contributed by atoms with van der Waals surface area (Å²) in [5.74, 6) is 0.892. The molecule has 3 nitrogen and oxygen atoms in total. The largest absolute Gasteiger partial charge is 0.378 e. The zero-order valence-electron chi connectivity index (χ0n) is 9.50. The van der Waals surface area contributed by atoms with Crippen LogP contribution < -0.4 is 5.32 Å². The second kappa shape index (κ2) is 3.72. The molecule has 15 heavy (non-hydrogen) atoms. The number of nitrogens with one attached hydrogen (secondary N) is 1. The Labute approximate surface area is 91.5 Å². The van der Waals surface area contributed by atoms with E-state index in [9.17, 15) is 0 Å². The summed E-state index contributed by atoms with van der Waals surface area (Å²) in [6, 6.07) is 1.45. The molecule has 2 heterocycles. The molecule has 2 saturated heterocycles. The summed E-state index contributed by atoms with van der Waals surface area (Å²) in [5.41, 5.74) is 0.0635. The summed E-state index contributed by atoms with van der Waals surface area (Å²) in [5, 5.41) is 3.76. The summed E-state index contributed by atoms with van der Waals surface area (Å²) < 4.78 is 11.4. The molecule has 1 aliphatic carbocycles. The maximum absolute atomic E-state index is 5.92. The lowest BCUT2D eigenvalue weighted by Crippen LogP contribution is -2.48. The first-order valence-electron chi connectivity index (χ1n) is 6.25. The Hall–Kier alpha value is -0.120. The first-order valence-corrected chi connectivity index (χ1v) is 6.25. The van der Waals surface area contributed by atoms with Crippen LogP contribution in [0.4, 0.5) is 0 Å². The molecule has 0 amide bonds. The van der Waals surface area contributed by atoms with Crippen molar-refractivity contribution in [1.82, 2.24) is 5.32 Å². The maximum Gasteiger partial charge on any atom is 0.0951 e. The normalized spacial score (nSPS) is 49.8. The molecule has 0 aromatic rings. The summed E-state index contributed by atoms with van der Waals surface area (Å²) in [4.78, 5) is 0. The summed E-state index contributed by atoms with van der Waals surface area (Å²) in [7, 11) is 0. The van der Waals surface area contributed by atoms with Crippen molar-refractivity contribution in [2.75, 3.05) is 19.8 Å². The van der Waals surface area contributed by atoms with Gasteiger partial charge < -0.3 is 14.8 Å². The molecule has 3 aliphatic rings. The third-order valence-corrected chi connectivity index (χ3v) is 4.12. The van der Waals surface area contributed by atoms with E-state index in [4.69, 9.17) is 9.47 Å². The van der Waals surface area contributed by atoms with Gasteiger partial charge in [-0.25, -0.2) is 0 Å². The van der Waals surface area contributed by atoms with Crippen LogP contribution in [0.25, 0.3) is 0 Å². The topological polar surface area (TPSA) is 30.5 Å². The molecule has 0 radical (unpaired) electrons. The third kappa shape index (κ3) is 2.05. The molecule has 1 spiro atoms. The zero-order chi connectivity index (χ0) is 10.3. The first-order chi connectivity index (χ1) is 7.27. The van der Waals surface area contributed by atoms with Crippen LogP contribution in [0.3, 0.4) is 0 Å². The number of rotatable bonds is 2. The molecule has 0 aromatic carbocycles. The Bertz CT molecular complexity index is 238. The highest BCUT2D eigenvalue weighted by Gasteiger charge is 2.43. The molecule has 4 unspecified atom stereocenters. The van der Waals surface area contributed by atoms with E-state index in [1.54, 1.807) is 0 Å². The minimum absolute atomic E-state index is 0.0635. The third-order valence-electron chi connectivity index (χ3n) is 4.12. The van der Waals surface area contributed by atoms with Crippen LogP contribution in [-0.2, 0) is 9.47 Å². The number of hydrogen-bond donors (Lipinski definition) is 1. The molecule has 3 heteroatoms. The molecule has 1 N–H and O–H groups in total. The molecular formula is C12H21NO2. The van der Waals surface area contributed by atoms with Gasteiger partial charge >= 0.3 is 0 Å². The first kappa shape index (κ1) is 10.1. The lowest BCUT2D eigenvalue weighted by molar-refractivity contribution is -0.0895. The number of hydrogen-bond acceptors (Lipinski definition) is 3. The predicted octanol–water partition coefficient (Wildman–Crippen LogP) is 1.32. The molecule has 3 fully saturated rings. The fourth-order valence-corrected chi connectivity index (χ4v) is 2.89. The zero-order valence-corrected chi connectivity index (χ0v) is 9.50. The Morgan fingerprint density at radius 1 is 1.33 bits per heavy atom. The average molecular weight is 211 g/mol. The van der Waals surface area contributed by atoms with Crippen molar-refractivity contribution in [1.29, 1.82) is 0 Å². The monoisotopic (exact) mass is 211 g/mol. The van der Waals surface area contributed by atoms with Gasteiger partial charge in [0.25, 0.3) is 0 Å². The van der Waals surface area contributed by atoms with E-state index in [1.807, 2.05) is 0 Å². The van der Waals surface area contributed by atoms with E-state index in [0.29, 0.717) is 6.04 Å². The van der Waals surface area contributed by atoms with Gasteiger partial charge in [0.1, 0.15) is 0 Å². The van der Waals surface area contributed by atoms with Gasteiger partial charge in [0.2, 0.25) is 0 Å². The van der Waals surface area contributed by atoms with Crippen molar-refractivity contribution in [3.8, 4) is 0 Å². The van der Waals surface area contributed by atoms with Gasteiger partial charge in [-0.05, 0) is 25.2 Å². The van der Waals surface area contributed by atoms with Crippen molar-refractivity contribution in [3.05, 3.63) is 0 Å². The van der Waals surface area contributed by atoms with Crippen LogP contribution in [0, 0.1) is 5.92 Å². The molecule has 86 valence electrons. The van der Waals surface area contributed by atoms with Crippen LogP contribution in [0.5, 0.6) is 0 Å². The van der Waals surface area contributed by atoms with E-state index >= 15 is 0 Å². The van der Waals surface area contributed by atoms with E-state index < -0.39 is 0 Å². The fraction of sp³-hybridized carbons (Fsp3) is 1.00. The van der Waals surface area contributed by atoms with Gasteiger partial charge in [0, 0.05) is 31.7 Å². The average Bonchev–Trinajstić information content (AvgIpc) is 2.74. The SMILES string of the molecule is CC1CC1NC1CCOC2(CCOC2)C1. The van der Waals surface area contributed by atoms with Crippen molar-refractivity contribution in [3.63, 3.8) is 0 Å². The fourth-order valence-electron chi connectivity index (χ4n) is 2.89. The minimum atomic E-state index is 0.0635. The van der Waals surface area contributed by atoms with E-state index in [2.05, 4.69) is 12.2 Å². The van der Waals surface area contributed by atoms with Gasteiger partial charge in [-0.2, -0.15) is 0 Å². The van der Waals surface area contributed by atoms with Gasteiger partial charge in [-0.15, -0.1) is 0 Å². The standard InChI is InChI=1S/C12H21NO2/c1-9-6-11(9)13-10-2-4-15-12(7-10)3-5-14-8-12/h9-11,13H,2-8H2,1H3. The van der Waals surface area contributed by atoms with E-state index in [1.165, 1.54) is 12.8 Å². The Balaban J connectivity index is 1.56. The highest BCUT2D eigenvalue weighted by Crippen LogP contribution is 2.35. The molecule has 0 bridgehead atoms. The van der Waals surface area contributed by atoms with E-state index in [0.717, 1.165) is 44.6 Å². The second-order valence-electron chi connectivity index (χ2n) is 5.51. The van der Waals surface area contributed by atoms with Gasteiger partial charge in [-0.1, -0.05) is 6.92 Å². The molecular weight excluding hydrogens is 190 g/mol. The Kier molecular flexibility index (Phi) is 2.49. The quantitative estimate of drug-likeness (QED) is 0.747. The highest BCUT2D eigenvalue weighted by molar-refractivity contribution is 4.97. The molecule has 0 aromatic heterocycles. The highest BCUT2D eigenvalue weighted by atomic mass is 16.6. The summed E-state index contributed by atoms with van der Waals surface area (Å²) in [6.07, 6.45) is 4.77. The van der Waals surface area contributed by atoms with Crippen LogP contribution >= 0.6 is 0 Å². The lowest BCUT2D eigenvalue weighted by Gasteiger charge is -2.37. The Morgan fingerprint density at radius 2 is 2.20 bits per heavy atom. The van der Waals surface area contributed by atoms with Gasteiger partial charge in [0.05, 0.1) is 12.2 Å². The molecule has 4 atom stereocenters. The van der Waals surface area contributed by atoms with Crippen molar-refractivity contribution in [2.24, 2.45) is 5.92 Å². The molecule has 3 rings (SSSR count). The maximum atomic E-state index is 5.92. The smallest absolute Gasteiger partial charge is 0.0951 e. The summed E-state index contributed by atoms with van der Waals surface area (Å²) in [6.45, 7) is 4.92. The van der Waals surface area contributed by atoms with Crippen LogP contribution in [0.2, 0.25) is 0 Å². The summed E-state index contributed by atoms with van der Waals surface area (Å²) >= 11 is 0. The van der Waals surface area contributed by atoms with Crippen molar-refractivity contribution < 1.29 is 9.47 Å². The van der Waals surface area contributed by atoms with Crippen LogP contribution in [0.1, 0.15) is 32.6 Å². The van der Waals surface area contributed by atoms with Gasteiger partial charge in [0.15, 0.2) is 0 Å².